The van der Waals surface area contributed by atoms with Crippen LogP contribution in [0.2, 0.25) is 0 Å². The van der Waals surface area contributed by atoms with E-state index >= 15 is 0 Å². The minimum atomic E-state index is -0.823. The molecule has 1 atom stereocenters. The van der Waals surface area contributed by atoms with Crippen LogP contribution in [0.25, 0.3) is 22.5 Å². The van der Waals surface area contributed by atoms with Crippen molar-refractivity contribution in [2.45, 2.75) is 13.0 Å². The average molecular weight is 591 g/mol. The number of carbonyl (C=O) groups excluding carboxylic acids is 1. The van der Waals surface area contributed by atoms with Crippen LogP contribution in [0.4, 0.5) is 0 Å². The fourth-order valence-electron chi connectivity index (χ4n) is 5.57. The van der Waals surface area contributed by atoms with Gasteiger partial charge >= 0.3 is 5.97 Å². The molecular formula is C34H26N2O6S. The zero-order valence-corrected chi connectivity index (χ0v) is 24.2. The quantitative estimate of drug-likeness (QED) is 0.264. The summed E-state index contributed by atoms with van der Waals surface area (Å²) in [6, 6.07) is 25.9. The van der Waals surface area contributed by atoms with E-state index in [0.717, 1.165) is 21.9 Å². The summed E-state index contributed by atoms with van der Waals surface area (Å²) in [6.07, 6.45) is 1.85. The van der Waals surface area contributed by atoms with Gasteiger partial charge in [-0.05, 0) is 47.5 Å². The van der Waals surface area contributed by atoms with Gasteiger partial charge in [-0.15, -0.1) is 0 Å². The van der Waals surface area contributed by atoms with Crippen LogP contribution in [-0.2, 0) is 9.53 Å². The highest BCUT2D eigenvalue weighted by Crippen LogP contribution is 2.40. The van der Waals surface area contributed by atoms with E-state index < -0.39 is 12.0 Å². The van der Waals surface area contributed by atoms with Crippen LogP contribution in [0.5, 0.6) is 17.2 Å². The van der Waals surface area contributed by atoms with Crippen LogP contribution in [0.15, 0.2) is 100 Å². The first-order valence-electron chi connectivity index (χ1n) is 13.8. The van der Waals surface area contributed by atoms with Crippen molar-refractivity contribution >= 4 is 39.9 Å². The average Bonchev–Trinajstić information content (AvgIpc) is 3.64. The van der Waals surface area contributed by atoms with Crippen LogP contribution < -0.4 is 29.1 Å². The third-order valence-corrected chi connectivity index (χ3v) is 8.50. The molecule has 0 aliphatic carbocycles. The third-order valence-electron chi connectivity index (χ3n) is 7.51. The Morgan fingerprint density at radius 1 is 1.02 bits per heavy atom. The van der Waals surface area contributed by atoms with E-state index in [1.54, 1.807) is 24.7 Å². The van der Waals surface area contributed by atoms with E-state index in [1.807, 2.05) is 84.9 Å². The van der Waals surface area contributed by atoms with E-state index in [0.29, 0.717) is 37.8 Å². The molecular weight excluding hydrogens is 564 g/mol. The van der Waals surface area contributed by atoms with Gasteiger partial charge in [0.15, 0.2) is 16.3 Å². The van der Waals surface area contributed by atoms with Gasteiger partial charge in [0.2, 0.25) is 6.79 Å². The number of esters is 1. The first kappa shape index (κ1) is 26.7. The molecule has 0 bridgehead atoms. The zero-order valence-electron chi connectivity index (χ0n) is 23.4. The van der Waals surface area contributed by atoms with Gasteiger partial charge in [0.25, 0.3) is 5.56 Å². The molecule has 214 valence electrons. The summed E-state index contributed by atoms with van der Waals surface area (Å²) in [7, 11) is 1.61. The van der Waals surface area contributed by atoms with Crippen molar-refractivity contribution in [1.29, 1.82) is 0 Å². The van der Waals surface area contributed by atoms with Crippen molar-refractivity contribution in [2.75, 3.05) is 20.5 Å². The number of aromatic nitrogens is 1. The molecule has 5 aromatic rings. The van der Waals surface area contributed by atoms with Gasteiger partial charge < -0.3 is 18.9 Å². The van der Waals surface area contributed by atoms with Crippen molar-refractivity contribution in [3.05, 3.63) is 127 Å². The Balaban J connectivity index is 1.53. The molecule has 0 amide bonds. The maximum Gasteiger partial charge on any atom is 0.338 e. The van der Waals surface area contributed by atoms with E-state index in [-0.39, 0.29) is 24.5 Å². The second-order valence-corrected chi connectivity index (χ2v) is 11.0. The van der Waals surface area contributed by atoms with Crippen LogP contribution in [0, 0.1) is 0 Å². The lowest BCUT2D eigenvalue weighted by molar-refractivity contribution is -0.138. The summed E-state index contributed by atoms with van der Waals surface area (Å²) in [5.74, 6) is 1.25. The zero-order chi connectivity index (χ0) is 29.5. The number of nitrogens with zero attached hydrogens (tertiary/aromatic N) is 2. The molecule has 1 aromatic heterocycles. The Hall–Kier alpha value is -5.15. The Kier molecular flexibility index (Phi) is 6.79. The summed E-state index contributed by atoms with van der Waals surface area (Å²) in [5, 5.41) is 1.98. The molecule has 7 rings (SSSR count). The first-order valence-corrected chi connectivity index (χ1v) is 14.6. The number of hydrogen-bond acceptors (Lipinski definition) is 8. The van der Waals surface area contributed by atoms with E-state index in [9.17, 15) is 9.59 Å². The Morgan fingerprint density at radius 2 is 1.81 bits per heavy atom. The minimum absolute atomic E-state index is 0.101. The highest BCUT2D eigenvalue weighted by atomic mass is 32.1. The number of rotatable bonds is 6. The Labute approximate surface area is 250 Å². The lowest BCUT2D eigenvalue weighted by Crippen LogP contribution is -2.40. The number of thiazole rings is 1. The lowest BCUT2D eigenvalue weighted by atomic mass is 9.93. The van der Waals surface area contributed by atoms with Crippen molar-refractivity contribution in [2.24, 2.45) is 4.99 Å². The van der Waals surface area contributed by atoms with Crippen LogP contribution in [-0.4, -0.2) is 31.0 Å². The van der Waals surface area contributed by atoms with Crippen LogP contribution in [0.3, 0.4) is 0 Å². The SMILES string of the molecule is CCOC(=O)C1=C(c2ccccc2)N=c2sc(=Cc3c(OC)ccc4ccccc34)c(=O)n2C1c1ccc2c(c1)OCO2. The fourth-order valence-corrected chi connectivity index (χ4v) is 6.56. The predicted molar refractivity (Wildman–Crippen MR) is 164 cm³/mol. The topological polar surface area (TPSA) is 88.4 Å². The van der Waals surface area contributed by atoms with Crippen molar-refractivity contribution in [1.82, 2.24) is 4.57 Å². The molecule has 0 spiro atoms. The summed E-state index contributed by atoms with van der Waals surface area (Å²) in [6.45, 7) is 2.02. The minimum Gasteiger partial charge on any atom is -0.496 e. The largest absolute Gasteiger partial charge is 0.496 e. The van der Waals surface area contributed by atoms with Gasteiger partial charge in [0.05, 0.1) is 35.6 Å². The van der Waals surface area contributed by atoms with Gasteiger partial charge in [-0.3, -0.25) is 9.36 Å². The number of benzene rings is 4. The lowest BCUT2D eigenvalue weighted by Gasteiger charge is -2.26. The standard InChI is InChI=1S/C34H26N2O6S/c1-3-40-33(38)29-30(21-10-5-4-6-11-21)35-34-36(31(29)22-14-16-26-27(17-22)42-19-41-26)32(37)28(43-34)18-24-23-12-8-7-9-20(23)13-15-25(24)39-2/h4-18,31H,3,19H2,1-2H3. The smallest absolute Gasteiger partial charge is 0.338 e. The van der Waals surface area contributed by atoms with Crippen molar-refractivity contribution in [3.63, 3.8) is 0 Å². The molecule has 4 aromatic carbocycles. The fraction of sp³-hybridized carbons (Fsp3) is 0.147. The Bertz CT molecular complexity index is 2110. The normalized spacial score (nSPS) is 15.8. The summed E-state index contributed by atoms with van der Waals surface area (Å²) >= 11 is 1.26. The van der Waals surface area contributed by atoms with Crippen molar-refractivity contribution < 1.29 is 23.7 Å². The maximum atomic E-state index is 14.4. The number of ether oxygens (including phenoxy) is 4. The Morgan fingerprint density at radius 3 is 2.63 bits per heavy atom. The monoisotopic (exact) mass is 590 g/mol. The molecule has 2 aliphatic heterocycles. The number of hydrogen-bond donors (Lipinski definition) is 0. The van der Waals surface area contributed by atoms with Gasteiger partial charge in [-0.25, -0.2) is 9.79 Å². The summed E-state index contributed by atoms with van der Waals surface area (Å²) in [5.41, 5.74) is 2.65. The molecule has 0 fully saturated rings. The van der Waals surface area contributed by atoms with Gasteiger partial charge in [-0.2, -0.15) is 0 Å². The maximum absolute atomic E-state index is 14.4. The highest BCUT2D eigenvalue weighted by Gasteiger charge is 2.36. The molecule has 43 heavy (non-hydrogen) atoms. The number of fused-ring (bicyclic) bond motifs is 3. The molecule has 0 saturated carbocycles. The van der Waals surface area contributed by atoms with Crippen LogP contribution >= 0.6 is 11.3 Å². The van der Waals surface area contributed by atoms with E-state index in [2.05, 4.69) is 0 Å². The number of methoxy groups -OCH3 is 1. The molecule has 0 saturated heterocycles. The second kappa shape index (κ2) is 10.9. The molecule has 3 heterocycles. The first-order chi connectivity index (χ1) is 21.1. The van der Waals surface area contributed by atoms with E-state index in [1.165, 1.54) is 11.3 Å². The van der Waals surface area contributed by atoms with Gasteiger partial charge in [0, 0.05) is 11.1 Å². The van der Waals surface area contributed by atoms with Gasteiger partial charge in [-0.1, -0.05) is 78.1 Å². The predicted octanol–water partition coefficient (Wildman–Crippen LogP) is 4.83. The molecule has 2 aliphatic rings. The summed E-state index contributed by atoms with van der Waals surface area (Å²) < 4.78 is 24.5. The molecule has 0 radical (unpaired) electrons. The molecule has 9 heteroatoms. The third kappa shape index (κ3) is 4.58. The molecule has 0 N–H and O–H groups in total. The second-order valence-electron chi connectivity index (χ2n) is 9.95. The number of carbonyl (C=O) groups is 1. The van der Waals surface area contributed by atoms with E-state index in [4.69, 9.17) is 23.9 Å². The molecule has 1 unspecified atom stereocenters. The van der Waals surface area contributed by atoms with Gasteiger partial charge in [0.1, 0.15) is 5.75 Å². The van der Waals surface area contributed by atoms with Crippen LogP contribution in [0.1, 0.15) is 29.7 Å². The summed E-state index contributed by atoms with van der Waals surface area (Å²) in [4.78, 5) is 33.5. The molecule has 8 nitrogen and oxygen atoms in total. The van der Waals surface area contributed by atoms with Crippen molar-refractivity contribution in [3.8, 4) is 17.2 Å². The highest BCUT2D eigenvalue weighted by molar-refractivity contribution is 7.07.